The Morgan fingerprint density at radius 3 is 3.00 bits per heavy atom. The van der Waals surface area contributed by atoms with Crippen LogP contribution in [0, 0.1) is 5.82 Å². The number of carbonyl (C=O) groups excluding carboxylic acids is 1. The number of nitrogens with zero attached hydrogens (tertiary/aromatic N) is 2. The number of phenolic OH excluding ortho intramolecular Hbond substituents is 1. The van der Waals surface area contributed by atoms with Crippen LogP contribution < -0.4 is 5.32 Å². The van der Waals surface area contributed by atoms with Crippen molar-refractivity contribution in [2.24, 2.45) is 0 Å². The van der Waals surface area contributed by atoms with Crippen molar-refractivity contribution in [3.8, 4) is 5.75 Å². The van der Waals surface area contributed by atoms with Crippen molar-refractivity contribution in [3.63, 3.8) is 0 Å². The van der Waals surface area contributed by atoms with Gasteiger partial charge in [0.15, 0.2) is 0 Å². The van der Waals surface area contributed by atoms with Crippen molar-refractivity contribution in [2.45, 2.75) is 19.5 Å². The molecule has 0 aliphatic carbocycles. The van der Waals surface area contributed by atoms with Gasteiger partial charge in [-0.1, -0.05) is 0 Å². The van der Waals surface area contributed by atoms with Crippen molar-refractivity contribution in [1.29, 1.82) is 0 Å². The molecule has 2 aromatic rings. The van der Waals surface area contributed by atoms with Crippen LogP contribution >= 0.6 is 0 Å². The van der Waals surface area contributed by atoms with Gasteiger partial charge in [0.05, 0.1) is 11.9 Å². The van der Waals surface area contributed by atoms with Gasteiger partial charge in [0.2, 0.25) is 0 Å². The van der Waals surface area contributed by atoms with Crippen molar-refractivity contribution in [2.75, 3.05) is 0 Å². The van der Waals surface area contributed by atoms with Crippen LogP contribution in [0.25, 0.3) is 0 Å². The molecule has 100 valence electrons. The smallest absolute Gasteiger partial charge is 0.255 e. The average molecular weight is 263 g/mol. The molecule has 5 nitrogen and oxygen atoms in total. The maximum absolute atomic E-state index is 12.8. The SMILES string of the molecule is CC(Cn1ccnc1)NC(=O)c1ccc(F)cc1O. The molecule has 0 aliphatic rings. The molecular formula is C13H14FN3O2. The van der Waals surface area contributed by atoms with E-state index in [1.807, 2.05) is 11.5 Å². The highest BCUT2D eigenvalue weighted by atomic mass is 19.1. The molecule has 2 N–H and O–H groups in total. The normalized spacial score (nSPS) is 12.1. The summed E-state index contributed by atoms with van der Waals surface area (Å²) in [4.78, 5) is 15.8. The highest BCUT2D eigenvalue weighted by Crippen LogP contribution is 2.17. The number of halogens is 1. The lowest BCUT2D eigenvalue weighted by molar-refractivity contribution is 0.0934. The monoisotopic (exact) mass is 263 g/mol. The molecule has 0 bridgehead atoms. The maximum atomic E-state index is 12.8. The highest BCUT2D eigenvalue weighted by Gasteiger charge is 2.14. The van der Waals surface area contributed by atoms with Crippen LogP contribution in [0.4, 0.5) is 4.39 Å². The Hall–Kier alpha value is -2.37. The lowest BCUT2D eigenvalue weighted by Crippen LogP contribution is -2.35. The highest BCUT2D eigenvalue weighted by molar-refractivity contribution is 5.96. The number of hydrogen-bond acceptors (Lipinski definition) is 3. The maximum Gasteiger partial charge on any atom is 0.255 e. The predicted molar refractivity (Wildman–Crippen MR) is 67.2 cm³/mol. The molecule has 0 aliphatic heterocycles. The molecule has 1 atom stereocenters. The Balaban J connectivity index is 2.00. The van der Waals surface area contributed by atoms with Crippen LogP contribution in [-0.4, -0.2) is 26.6 Å². The van der Waals surface area contributed by atoms with Gasteiger partial charge in [-0.05, 0) is 19.1 Å². The molecule has 0 saturated heterocycles. The van der Waals surface area contributed by atoms with Gasteiger partial charge in [0, 0.05) is 31.0 Å². The van der Waals surface area contributed by atoms with E-state index in [0.717, 1.165) is 12.1 Å². The van der Waals surface area contributed by atoms with Gasteiger partial charge in [0.1, 0.15) is 11.6 Å². The van der Waals surface area contributed by atoms with E-state index in [-0.39, 0.29) is 17.4 Å². The quantitative estimate of drug-likeness (QED) is 0.879. The van der Waals surface area contributed by atoms with E-state index in [0.29, 0.717) is 6.54 Å². The fourth-order valence-electron chi connectivity index (χ4n) is 1.75. The van der Waals surface area contributed by atoms with Crippen molar-refractivity contribution >= 4 is 5.91 Å². The van der Waals surface area contributed by atoms with E-state index < -0.39 is 11.7 Å². The van der Waals surface area contributed by atoms with Crippen LogP contribution in [0.1, 0.15) is 17.3 Å². The Morgan fingerprint density at radius 1 is 1.58 bits per heavy atom. The summed E-state index contributed by atoms with van der Waals surface area (Å²) in [6.45, 7) is 2.40. The largest absolute Gasteiger partial charge is 0.507 e. The summed E-state index contributed by atoms with van der Waals surface area (Å²) < 4.78 is 14.7. The molecule has 0 fully saturated rings. The van der Waals surface area contributed by atoms with Gasteiger partial charge in [-0.3, -0.25) is 4.79 Å². The number of benzene rings is 1. The molecule has 1 aromatic heterocycles. The van der Waals surface area contributed by atoms with Crippen molar-refractivity contribution < 1.29 is 14.3 Å². The number of aromatic nitrogens is 2. The van der Waals surface area contributed by atoms with Gasteiger partial charge < -0.3 is 15.0 Å². The number of aromatic hydroxyl groups is 1. The van der Waals surface area contributed by atoms with E-state index in [2.05, 4.69) is 10.3 Å². The molecular weight excluding hydrogens is 249 g/mol. The fraction of sp³-hybridized carbons (Fsp3) is 0.231. The molecule has 1 amide bonds. The zero-order valence-electron chi connectivity index (χ0n) is 10.4. The van der Waals surface area contributed by atoms with Crippen LogP contribution in [0.2, 0.25) is 0 Å². The predicted octanol–water partition coefficient (Wildman–Crippen LogP) is 1.55. The van der Waals surface area contributed by atoms with Gasteiger partial charge in [0.25, 0.3) is 5.91 Å². The number of amides is 1. The zero-order valence-corrected chi connectivity index (χ0v) is 10.4. The summed E-state index contributed by atoms with van der Waals surface area (Å²) in [6.07, 6.45) is 5.09. The number of phenols is 1. The Labute approximate surface area is 109 Å². The Bertz CT molecular complexity index is 569. The summed E-state index contributed by atoms with van der Waals surface area (Å²) in [6, 6.07) is 3.15. The minimum absolute atomic E-state index is 0.0545. The van der Waals surface area contributed by atoms with Crippen molar-refractivity contribution in [3.05, 3.63) is 48.3 Å². The molecule has 1 heterocycles. The zero-order chi connectivity index (χ0) is 13.8. The first-order chi connectivity index (χ1) is 9.06. The third-order valence-electron chi connectivity index (χ3n) is 2.63. The van der Waals surface area contributed by atoms with E-state index >= 15 is 0 Å². The van der Waals surface area contributed by atoms with E-state index in [9.17, 15) is 14.3 Å². The first-order valence-corrected chi connectivity index (χ1v) is 5.81. The minimum atomic E-state index is -0.583. The van der Waals surface area contributed by atoms with E-state index in [1.165, 1.54) is 6.07 Å². The van der Waals surface area contributed by atoms with Gasteiger partial charge >= 0.3 is 0 Å². The number of carbonyl (C=O) groups is 1. The first kappa shape index (κ1) is 13.1. The third kappa shape index (κ3) is 3.31. The second-order valence-electron chi connectivity index (χ2n) is 4.30. The van der Waals surface area contributed by atoms with Crippen LogP contribution in [0.3, 0.4) is 0 Å². The molecule has 19 heavy (non-hydrogen) atoms. The number of imidazole rings is 1. The molecule has 6 heteroatoms. The average Bonchev–Trinajstić information content (AvgIpc) is 2.81. The molecule has 0 spiro atoms. The molecule has 0 radical (unpaired) electrons. The lowest BCUT2D eigenvalue weighted by Gasteiger charge is -2.14. The van der Waals surface area contributed by atoms with E-state index in [4.69, 9.17) is 0 Å². The fourth-order valence-corrected chi connectivity index (χ4v) is 1.75. The summed E-state index contributed by atoms with van der Waals surface area (Å²) in [7, 11) is 0. The van der Waals surface area contributed by atoms with Gasteiger partial charge in [-0.2, -0.15) is 0 Å². The lowest BCUT2D eigenvalue weighted by atomic mass is 10.1. The number of hydrogen-bond donors (Lipinski definition) is 2. The third-order valence-corrected chi connectivity index (χ3v) is 2.63. The van der Waals surface area contributed by atoms with Crippen LogP contribution in [0.5, 0.6) is 5.75 Å². The summed E-state index contributed by atoms with van der Waals surface area (Å²) in [5, 5.41) is 12.2. The minimum Gasteiger partial charge on any atom is -0.507 e. The second kappa shape index (κ2) is 5.51. The van der Waals surface area contributed by atoms with Gasteiger partial charge in [-0.25, -0.2) is 9.37 Å². The van der Waals surface area contributed by atoms with Gasteiger partial charge in [-0.15, -0.1) is 0 Å². The van der Waals surface area contributed by atoms with Crippen molar-refractivity contribution in [1.82, 2.24) is 14.9 Å². The molecule has 2 rings (SSSR count). The standard InChI is InChI=1S/C13H14FN3O2/c1-9(7-17-5-4-15-8-17)16-13(19)11-3-2-10(14)6-12(11)18/h2-6,8-9,18H,7H2,1H3,(H,16,19). The first-order valence-electron chi connectivity index (χ1n) is 5.81. The summed E-state index contributed by atoms with van der Waals surface area (Å²) in [5.41, 5.74) is 0.0545. The molecule has 0 saturated carbocycles. The second-order valence-corrected chi connectivity index (χ2v) is 4.30. The van der Waals surface area contributed by atoms with E-state index in [1.54, 1.807) is 18.7 Å². The Morgan fingerprint density at radius 2 is 2.37 bits per heavy atom. The summed E-state index contributed by atoms with van der Waals surface area (Å²) >= 11 is 0. The number of nitrogens with one attached hydrogen (secondary N) is 1. The van der Waals surface area contributed by atoms with Crippen LogP contribution in [-0.2, 0) is 6.54 Å². The Kier molecular flexibility index (Phi) is 3.79. The summed E-state index contributed by atoms with van der Waals surface area (Å²) in [5.74, 6) is -1.39. The molecule has 1 unspecified atom stereocenters. The van der Waals surface area contributed by atoms with Crippen LogP contribution in [0.15, 0.2) is 36.9 Å². The number of rotatable bonds is 4. The molecule has 1 aromatic carbocycles. The topological polar surface area (TPSA) is 67.2 Å².